The van der Waals surface area contributed by atoms with Crippen LogP contribution in [0.15, 0.2) is 11.0 Å². The van der Waals surface area contributed by atoms with Gasteiger partial charge in [-0.2, -0.15) is 0 Å². The summed E-state index contributed by atoms with van der Waals surface area (Å²) in [6.45, 7) is 1.61. The van der Waals surface area contributed by atoms with Gasteiger partial charge in [-0.3, -0.25) is 14.3 Å². The van der Waals surface area contributed by atoms with Crippen LogP contribution in [-0.2, 0) is 11.2 Å². The van der Waals surface area contributed by atoms with E-state index in [-0.39, 0.29) is 10.3 Å². The summed E-state index contributed by atoms with van der Waals surface area (Å²) in [6.07, 6.45) is -0.280. The molecule has 0 radical (unpaired) electrons. The number of aryl methyl sites for hydroxylation is 1. The molecule has 0 saturated carbocycles. The molecule has 0 amide bonds. The summed E-state index contributed by atoms with van der Waals surface area (Å²) in [5.74, 6) is 0. The molecule has 4 unspecified atom stereocenters. The van der Waals surface area contributed by atoms with Gasteiger partial charge in [0.15, 0.2) is 11.0 Å². The number of aliphatic hydroxyl groups is 3. The Hall–Kier alpha value is -1.06. The van der Waals surface area contributed by atoms with E-state index in [1.807, 2.05) is 6.92 Å². The summed E-state index contributed by atoms with van der Waals surface area (Å²) >= 11 is 5.09. The second-order valence-corrected chi connectivity index (χ2v) is 5.54. The molecule has 1 saturated heterocycles. The highest BCUT2D eigenvalue weighted by atomic mass is 32.1. The molecule has 4 atom stereocenters. The molecule has 1 aliphatic heterocycles. The van der Waals surface area contributed by atoms with Crippen molar-refractivity contribution >= 4 is 12.2 Å². The lowest BCUT2D eigenvalue weighted by Gasteiger charge is -2.19. The molecule has 0 aromatic carbocycles. The van der Waals surface area contributed by atoms with Crippen LogP contribution in [0.2, 0.25) is 0 Å². The lowest BCUT2D eigenvalue weighted by atomic mass is 10.1. The summed E-state index contributed by atoms with van der Waals surface area (Å²) < 4.78 is 6.95. The van der Waals surface area contributed by atoms with E-state index in [2.05, 4.69) is 4.98 Å². The molecule has 21 heavy (non-hydrogen) atoms. The highest BCUT2D eigenvalue weighted by Crippen LogP contribution is 2.29. The maximum absolute atomic E-state index is 11.9. The molecule has 0 bridgehead atoms. The minimum atomic E-state index is -1.22. The van der Waals surface area contributed by atoms with Gasteiger partial charge in [0.1, 0.15) is 18.3 Å². The van der Waals surface area contributed by atoms with Gasteiger partial charge in [-0.05, 0) is 25.1 Å². The Morgan fingerprint density at radius 3 is 2.71 bits per heavy atom. The Labute approximate surface area is 126 Å². The van der Waals surface area contributed by atoms with Crippen molar-refractivity contribution in [3.8, 4) is 0 Å². The smallest absolute Gasteiger partial charge is 0.254 e. The Bertz CT molecular complexity index is 599. The van der Waals surface area contributed by atoms with Gasteiger partial charge in [-0.15, -0.1) is 0 Å². The van der Waals surface area contributed by atoms with Crippen molar-refractivity contribution in [2.75, 3.05) is 6.61 Å². The summed E-state index contributed by atoms with van der Waals surface area (Å²) in [5, 5.41) is 28.9. The minimum absolute atomic E-state index is 0.107. The van der Waals surface area contributed by atoms with Crippen LogP contribution in [0, 0.1) is 4.77 Å². The Morgan fingerprint density at radius 1 is 1.43 bits per heavy atom. The van der Waals surface area contributed by atoms with E-state index >= 15 is 0 Å². The number of ether oxygens (including phenoxy) is 1. The molecule has 0 spiro atoms. The van der Waals surface area contributed by atoms with E-state index in [1.165, 1.54) is 4.57 Å². The van der Waals surface area contributed by atoms with Crippen molar-refractivity contribution in [2.45, 2.75) is 50.7 Å². The quantitative estimate of drug-likeness (QED) is 0.563. The number of aliphatic hydroxyl groups excluding tert-OH is 3. The number of hydrogen-bond acceptors (Lipinski definition) is 6. The Morgan fingerprint density at radius 2 is 2.14 bits per heavy atom. The lowest BCUT2D eigenvalue weighted by Crippen LogP contribution is -2.33. The molecule has 8 heteroatoms. The van der Waals surface area contributed by atoms with Crippen LogP contribution in [0.25, 0.3) is 0 Å². The van der Waals surface area contributed by atoms with E-state index in [0.29, 0.717) is 12.0 Å². The molecule has 2 rings (SSSR count). The normalized spacial score (nSPS) is 29.0. The van der Waals surface area contributed by atoms with Gasteiger partial charge >= 0.3 is 0 Å². The van der Waals surface area contributed by atoms with Gasteiger partial charge in [0, 0.05) is 11.8 Å². The van der Waals surface area contributed by atoms with E-state index in [9.17, 15) is 15.0 Å². The Balaban J connectivity index is 2.35. The van der Waals surface area contributed by atoms with Crippen molar-refractivity contribution in [3.05, 3.63) is 26.9 Å². The van der Waals surface area contributed by atoms with Crippen molar-refractivity contribution < 1.29 is 20.1 Å². The third kappa shape index (κ3) is 3.24. The van der Waals surface area contributed by atoms with Gasteiger partial charge in [-0.25, -0.2) is 0 Å². The number of H-pyrrole nitrogens is 1. The standard InChI is InChI=1S/C13H20N2O5S/c1-2-3-4-7-5-15(13(21)14-11(7)19)12-10(18)9(17)8(6-16)20-12/h5,8-10,12,16-18H,2-4,6H2,1H3,(H,14,19,21). The van der Waals surface area contributed by atoms with Crippen molar-refractivity contribution in [3.63, 3.8) is 0 Å². The van der Waals surface area contributed by atoms with Gasteiger partial charge in [0.2, 0.25) is 0 Å². The molecular formula is C13H20N2O5S. The molecule has 2 heterocycles. The first-order valence-electron chi connectivity index (χ1n) is 6.96. The Kier molecular flexibility index (Phi) is 5.28. The topological polar surface area (TPSA) is 108 Å². The van der Waals surface area contributed by atoms with Crippen LogP contribution in [0.1, 0.15) is 31.6 Å². The van der Waals surface area contributed by atoms with Gasteiger partial charge < -0.3 is 20.1 Å². The van der Waals surface area contributed by atoms with Gasteiger partial charge in [-0.1, -0.05) is 13.3 Å². The van der Waals surface area contributed by atoms with E-state index < -0.39 is 31.1 Å². The maximum Gasteiger partial charge on any atom is 0.254 e. The average molecular weight is 316 g/mol. The number of rotatable bonds is 5. The zero-order chi connectivity index (χ0) is 15.6. The molecule has 1 aromatic rings. The predicted octanol–water partition coefficient (Wildman–Crippen LogP) is -0.140. The summed E-state index contributed by atoms with van der Waals surface area (Å²) in [7, 11) is 0. The van der Waals surface area contributed by atoms with Crippen molar-refractivity contribution in [1.29, 1.82) is 0 Å². The highest BCUT2D eigenvalue weighted by Gasteiger charge is 2.43. The third-order valence-corrected chi connectivity index (χ3v) is 3.95. The molecule has 7 nitrogen and oxygen atoms in total. The maximum atomic E-state index is 11.9. The molecule has 118 valence electrons. The molecule has 1 aromatic heterocycles. The average Bonchev–Trinajstić information content (AvgIpc) is 2.74. The van der Waals surface area contributed by atoms with E-state index in [4.69, 9.17) is 22.1 Å². The minimum Gasteiger partial charge on any atom is -0.394 e. The summed E-state index contributed by atoms with van der Waals surface area (Å²) in [4.78, 5) is 14.4. The predicted molar refractivity (Wildman–Crippen MR) is 77.5 cm³/mol. The number of aromatic amines is 1. The van der Waals surface area contributed by atoms with Gasteiger partial charge in [0.25, 0.3) is 5.56 Å². The van der Waals surface area contributed by atoms with Crippen LogP contribution >= 0.6 is 12.2 Å². The van der Waals surface area contributed by atoms with Crippen LogP contribution in [0.5, 0.6) is 0 Å². The van der Waals surface area contributed by atoms with Crippen molar-refractivity contribution in [1.82, 2.24) is 9.55 Å². The number of nitrogens with zero attached hydrogens (tertiary/aromatic N) is 1. The summed E-state index contributed by atoms with van der Waals surface area (Å²) in [5.41, 5.74) is 0.291. The molecule has 0 aliphatic carbocycles. The van der Waals surface area contributed by atoms with E-state index in [0.717, 1.165) is 12.8 Å². The highest BCUT2D eigenvalue weighted by molar-refractivity contribution is 7.71. The third-order valence-electron chi connectivity index (χ3n) is 3.63. The number of hydrogen-bond donors (Lipinski definition) is 4. The van der Waals surface area contributed by atoms with Crippen LogP contribution in [-0.4, -0.2) is 49.8 Å². The summed E-state index contributed by atoms with van der Waals surface area (Å²) in [6, 6.07) is 0. The largest absolute Gasteiger partial charge is 0.394 e. The fourth-order valence-electron chi connectivity index (χ4n) is 2.37. The lowest BCUT2D eigenvalue weighted by molar-refractivity contribution is -0.0542. The van der Waals surface area contributed by atoms with Crippen LogP contribution < -0.4 is 5.56 Å². The second kappa shape index (κ2) is 6.80. The van der Waals surface area contributed by atoms with Crippen LogP contribution in [0.3, 0.4) is 0 Å². The molecular weight excluding hydrogens is 296 g/mol. The first kappa shape index (κ1) is 16.3. The SMILES string of the molecule is CCCCc1cn(C2OC(CO)C(O)C2O)c(=S)[nH]c1=O. The molecule has 4 N–H and O–H groups in total. The number of aromatic nitrogens is 2. The molecule has 1 aliphatic rings. The van der Waals surface area contributed by atoms with Crippen LogP contribution in [0.4, 0.5) is 0 Å². The first-order valence-corrected chi connectivity index (χ1v) is 7.37. The fourth-order valence-corrected chi connectivity index (χ4v) is 2.62. The zero-order valence-corrected chi connectivity index (χ0v) is 12.5. The molecule has 1 fully saturated rings. The van der Waals surface area contributed by atoms with E-state index in [1.54, 1.807) is 6.20 Å². The van der Waals surface area contributed by atoms with Crippen molar-refractivity contribution in [2.24, 2.45) is 0 Å². The number of unbranched alkanes of at least 4 members (excludes halogenated alkanes) is 1. The second-order valence-electron chi connectivity index (χ2n) is 5.15. The number of nitrogens with one attached hydrogen (secondary N) is 1. The monoisotopic (exact) mass is 316 g/mol. The fraction of sp³-hybridized carbons (Fsp3) is 0.692. The zero-order valence-electron chi connectivity index (χ0n) is 11.7. The van der Waals surface area contributed by atoms with Gasteiger partial charge in [0.05, 0.1) is 6.61 Å². The first-order chi connectivity index (χ1) is 9.99.